The second-order valence-electron chi connectivity index (χ2n) is 9.41. The molecule has 0 fully saturated rings. The first kappa shape index (κ1) is 27.7. The molecule has 2 amide bonds. The molecule has 36 heavy (non-hydrogen) atoms. The van der Waals surface area contributed by atoms with Gasteiger partial charge in [0, 0.05) is 38.0 Å². The van der Waals surface area contributed by atoms with Gasteiger partial charge >= 0.3 is 6.18 Å². The fraction of sp³-hybridized carbons (Fsp3) is 0.481. The summed E-state index contributed by atoms with van der Waals surface area (Å²) in [5.74, 6) is -1.13. The molecule has 9 heteroatoms. The number of aliphatic hydroxyl groups excluding tert-OH is 1. The van der Waals surface area contributed by atoms with Gasteiger partial charge in [0.2, 0.25) is 5.91 Å². The predicted molar refractivity (Wildman–Crippen MR) is 130 cm³/mol. The number of nitrogens with zero attached hydrogens (tertiary/aromatic N) is 2. The fourth-order valence-corrected chi connectivity index (χ4v) is 4.36. The molecule has 1 N–H and O–H groups in total. The van der Waals surface area contributed by atoms with Crippen LogP contribution in [0.25, 0.3) is 11.1 Å². The molecule has 3 atom stereocenters. The normalized spacial score (nSPS) is 19.6. The molecule has 6 nitrogen and oxygen atoms in total. The first-order valence-electron chi connectivity index (χ1n) is 12.0. The van der Waals surface area contributed by atoms with Crippen molar-refractivity contribution in [1.29, 1.82) is 0 Å². The Kier molecular flexibility index (Phi) is 9.13. The molecule has 0 radical (unpaired) electrons. The Morgan fingerprint density at radius 2 is 1.75 bits per heavy atom. The molecule has 0 aromatic heterocycles. The lowest BCUT2D eigenvalue weighted by molar-refractivity contribution is -0.149. The molecule has 0 unspecified atom stereocenters. The van der Waals surface area contributed by atoms with Gasteiger partial charge in [0.15, 0.2) is 0 Å². The summed E-state index contributed by atoms with van der Waals surface area (Å²) in [4.78, 5) is 29.0. The molecule has 0 aliphatic carbocycles. The van der Waals surface area contributed by atoms with Gasteiger partial charge in [0.1, 0.15) is 0 Å². The summed E-state index contributed by atoms with van der Waals surface area (Å²) < 4.78 is 44.1. The van der Waals surface area contributed by atoms with E-state index < -0.39 is 37.1 Å². The number of benzene rings is 2. The van der Waals surface area contributed by atoms with Crippen molar-refractivity contribution in [3.63, 3.8) is 0 Å². The maximum Gasteiger partial charge on any atom is 0.389 e. The summed E-state index contributed by atoms with van der Waals surface area (Å²) >= 11 is 0. The van der Waals surface area contributed by atoms with E-state index in [1.165, 1.54) is 11.9 Å². The third-order valence-corrected chi connectivity index (χ3v) is 6.60. The van der Waals surface area contributed by atoms with Crippen LogP contribution in [-0.4, -0.2) is 71.8 Å². The van der Waals surface area contributed by atoms with E-state index in [1.54, 1.807) is 24.0 Å². The lowest BCUT2D eigenvalue weighted by atomic mass is 9.94. The van der Waals surface area contributed by atoms with Crippen LogP contribution in [0.1, 0.15) is 42.6 Å². The van der Waals surface area contributed by atoms with Crippen LogP contribution in [0, 0.1) is 5.92 Å². The summed E-state index contributed by atoms with van der Waals surface area (Å²) in [6, 6.07) is 14.4. The van der Waals surface area contributed by atoms with Crippen LogP contribution >= 0.6 is 0 Å². The first-order chi connectivity index (χ1) is 17.0. The van der Waals surface area contributed by atoms with Gasteiger partial charge in [-0.05, 0) is 29.7 Å². The van der Waals surface area contributed by atoms with Crippen LogP contribution in [0.3, 0.4) is 0 Å². The highest BCUT2D eigenvalue weighted by molar-refractivity contribution is 6.01. The van der Waals surface area contributed by atoms with Crippen molar-refractivity contribution < 1.29 is 32.6 Å². The summed E-state index contributed by atoms with van der Waals surface area (Å²) in [6.07, 6.45) is -6.78. The number of carbonyl (C=O) groups is 2. The minimum atomic E-state index is -4.41. The summed E-state index contributed by atoms with van der Waals surface area (Å²) in [5, 5.41) is 9.88. The molecule has 1 aliphatic rings. The van der Waals surface area contributed by atoms with Crippen molar-refractivity contribution in [2.45, 2.75) is 51.6 Å². The zero-order chi connectivity index (χ0) is 26.5. The van der Waals surface area contributed by atoms with Gasteiger partial charge < -0.3 is 19.6 Å². The highest BCUT2D eigenvalue weighted by atomic mass is 19.4. The molecule has 0 bridgehead atoms. The predicted octanol–water partition coefficient (Wildman–Crippen LogP) is 4.51. The molecule has 0 spiro atoms. The Bertz CT molecular complexity index is 1060. The van der Waals surface area contributed by atoms with Crippen molar-refractivity contribution in [1.82, 2.24) is 9.80 Å². The second-order valence-corrected chi connectivity index (χ2v) is 9.41. The number of alkyl halides is 3. The van der Waals surface area contributed by atoms with Crippen molar-refractivity contribution in [3.8, 4) is 11.1 Å². The molecule has 3 rings (SSSR count). The van der Waals surface area contributed by atoms with Gasteiger partial charge in [-0.2, -0.15) is 13.2 Å². The Balaban J connectivity index is 1.96. The first-order valence-corrected chi connectivity index (χ1v) is 12.0. The maximum atomic E-state index is 13.7. The summed E-state index contributed by atoms with van der Waals surface area (Å²) in [6.45, 7) is 3.90. The van der Waals surface area contributed by atoms with Crippen molar-refractivity contribution in [2.24, 2.45) is 5.92 Å². The number of hydrogen-bond acceptors (Lipinski definition) is 4. The minimum absolute atomic E-state index is 0.0719. The third-order valence-electron chi connectivity index (χ3n) is 6.60. The average molecular weight is 507 g/mol. The lowest BCUT2D eigenvalue weighted by Crippen LogP contribution is -2.47. The number of rotatable bonds is 6. The summed E-state index contributed by atoms with van der Waals surface area (Å²) in [5.41, 5.74) is 2.95. The molecular weight excluding hydrogens is 473 g/mol. The van der Waals surface area contributed by atoms with Crippen LogP contribution in [0.15, 0.2) is 48.5 Å². The van der Waals surface area contributed by atoms with Gasteiger partial charge in [-0.25, -0.2) is 0 Å². The van der Waals surface area contributed by atoms with E-state index in [4.69, 9.17) is 4.74 Å². The van der Waals surface area contributed by atoms with E-state index in [0.29, 0.717) is 5.56 Å². The van der Waals surface area contributed by atoms with Crippen molar-refractivity contribution >= 4 is 11.8 Å². The molecule has 0 saturated heterocycles. The molecule has 2 aromatic carbocycles. The lowest BCUT2D eigenvalue weighted by Gasteiger charge is -2.35. The zero-order valence-corrected chi connectivity index (χ0v) is 20.8. The Labute approximate surface area is 209 Å². The summed E-state index contributed by atoms with van der Waals surface area (Å²) in [7, 11) is 1.46. The topological polar surface area (TPSA) is 70.1 Å². The van der Waals surface area contributed by atoms with Crippen LogP contribution in [0.4, 0.5) is 13.2 Å². The van der Waals surface area contributed by atoms with Crippen LogP contribution < -0.4 is 0 Å². The minimum Gasteiger partial charge on any atom is -0.394 e. The van der Waals surface area contributed by atoms with Crippen LogP contribution in [-0.2, 0) is 16.1 Å². The number of ether oxygens (including phenoxy) is 1. The number of carbonyl (C=O) groups excluding carboxylic acids is 2. The molecule has 1 aliphatic heterocycles. The Hall–Kier alpha value is -2.91. The van der Waals surface area contributed by atoms with E-state index in [2.05, 4.69) is 0 Å². The Morgan fingerprint density at radius 3 is 2.39 bits per heavy atom. The van der Waals surface area contributed by atoms with Gasteiger partial charge in [-0.15, -0.1) is 0 Å². The van der Waals surface area contributed by atoms with Gasteiger partial charge in [0.05, 0.1) is 31.8 Å². The zero-order valence-electron chi connectivity index (χ0n) is 20.8. The van der Waals surface area contributed by atoms with E-state index in [9.17, 15) is 27.9 Å². The number of fused-ring (bicyclic) bond motifs is 3. The van der Waals surface area contributed by atoms with Crippen LogP contribution in [0.2, 0.25) is 0 Å². The molecule has 2 aromatic rings. The fourth-order valence-electron chi connectivity index (χ4n) is 4.36. The molecule has 196 valence electrons. The SMILES string of the molecule is C[C@@H]1CN([C@@H](C)CO)C(=O)c2ccccc2-c2ccccc2CO[C@@H]1CN(C)C(=O)CCC(F)(F)F. The van der Waals surface area contributed by atoms with Gasteiger partial charge in [-0.1, -0.05) is 49.4 Å². The maximum absolute atomic E-state index is 13.7. The van der Waals surface area contributed by atoms with Crippen molar-refractivity contribution in [2.75, 3.05) is 26.7 Å². The highest BCUT2D eigenvalue weighted by Crippen LogP contribution is 2.31. The average Bonchev–Trinajstić information content (AvgIpc) is 2.87. The number of hydrogen-bond donors (Lipinski definition) is 1. The van der Waals surface area contributed by atoms with Gasteiger partial charge in [0.25, 0.3) is 5.91 Å². The van der Waals surface area contributed by atoms with Crippen molar-refractivity contribution in [3.05, 3.63) is 59.7 Å². The number of aliphatic hydroxyl groups is 1. The monoisotopic (exact) mass is 506 g/mol. The number of likely N-dealkylation sites (N-methyl/N-ethyl adjacent to an activating group) is 1. The second kappa shape index (κ2) is 11.9. The standard InChI is InChI=1S/C27H33F3N2O4/c1-18-14-32(19(2)16-33)26(35)23-11-7-6-10-22(23)21-9-5-4-8-20(21)17-36-24(18)15-31(3)25(34)12-13-27(28,29)30/h4-11,18-19,24,33H,12-17H2,1-3H3/t18-,19+,24-/m1/s1. The van der Waals surface area contributed by atoms with E-state index >= 15 is 0 Å². The molecule has 0 saturated carbocycles. The smallest absolute Gasteiger partial charge is 0.389 e. The van der Waals surface area contributed by atoms with Crippen LogP contribution in [0.5, 0.6) is 0 Å². The third kappa shape index (κ3) is 6.85. The Morgan fingerprint density at radius 1 is 1.14 bits per heavy atom. The van der Waals surface area contributed by atoms with E-state index in [0.717, 1.165) is 16.7 Å². The highest BCUT2D eigenvalue weighted by Gasteiger charge is 2.32. The quantitative estimate of drug-likeness (QED) is 0.626. The van der Waals surface area contributed by atoms with E-state index in [-0.39, 0.29) is 38.1 Å². The molecular formula is C27H33F3N2O4. The van der Waals surface area contributed by atoms with E-state index in [1.807, 2.05) is 43.3 Å². The molecule has 1 heterocycles. The number of amides is 2. The number of halogens is 3. The largest absolute Gasteiger partial charge is 0.394 e. The van der Waals surface area contributed by atoms with Gasteiger partial charge in [-0.3, -0.25) is 9.59 Å².